The summed E-state index contributed by atoms with van der Waals surface area (Å²) in [5, 5.41) is 12.7. The van der Waals surface area contributed by atoms with Gasteiger partial charge in [-0.1, -0.05) is 35.9 Å². The molecule has 0 saturated carbocycles. The van der Waals surface area contributed by atoms with E-state index in [0.717, 1.165) is 10.6 Å². The molecule has 1 saturated heterocycles. The van der Waals surface area contributed by atoms with Crippen LogP contribution in [0.5, 0.6) is 11.5 Å². The third-order valence-electron chi connectivity index (χ3n) is 7.51. The number of amides is 2. The number of hydrogen-bond acceptors (Lipinski definition) is 7. The minimum atomic E-state index is -1.13. The molecule has 3 heterocycles. The minimum Gasteiger partial charge on any atom is -0.493 e. The van der Waals surface area contributed by atoms with Gasteiger partial charge in [0.1, 0.15) is 11.7 Å². The summed E-state index contributed by atoms with van der Waals surface area (Å²) in [6, 6.07) is 16.9. The Hall–Kier alpha value is -4.35. The average Bonchev–Trinajstić information content (AvgIpc) is 3.73. The normalized spacial score (nSPS) is 17.0. The molecular formula is C31H31ClN4O6S. The summed E-state index contributed by atoms with van der Waals surface area (Å²) in [7, 11) is 2.96. The molecule has 3 atom stereocenters. The van der Waals surface area contributed by atoms with Gasteiger partial charge in [0.25, 0.3) is 0 Å². The number of benzene rings is 2. The number of nitrogens with one attached hydrogen (secondary N) is 1. The number of imidazole rings is 1. The highest BCUT2D eigenvalue weighted by Gasteiger charge is 2.42. The first-order valence-electron chi connectivity index (χ1n) is 13.7. The quantitative estimate of drug-likeness (QED) is 0.227. The number of hydrogen-bond donors (Lipinski definition) is 2. The standard InChI is InChI=1S/C31H31ClN4O6S/c1-18-9-11-23(36(18)30(40)21(16-28(37)38)19-10-12-24(41-2)25(15-19)42-3)29(39)34-31-33-22(26-13-14-27(32)43-26)17-35(31)20-7-5-4-6-8-20/h4-8,10,12-15,17-18,21,23H,9,11,16H2,1-3H3,(H,37,38)(H,33,34,39). The molecule has 10 nitrogen and oxygen atoms in total. The van der Waals surface area contributed by atoms with Crippen LogP contribution in [0, 0.1) is 0 Å². The van der Waals surface area contributed by atoms with Crippen molar-refractivity contribution in [1.29, 1.82) is 0 Å². The Kier molecular flexibility index (Phi) is 9.02. The smallest absolute Gasteiger partial charge is 0.304 e. The van der Waals surface area contributed by atoms with E-state index < -0.39 is 36.2 Å². The molecular weight excluding hydrogens is 592 g/mol. The molecule has 1 aliphatic heterocycles. The highest BCUT2D eigenvalue weighted by Crippen LogP contribution is 2.36. The van der Waals surface area contributed by atoms with Gasteiger partial charge in [-0.25, -0.2) is 4.98 Å². The lowest BCUT2D eigenvalue weighted by atomic mass is 9.93. The molecule has 12 heteroatoms. The lowest BCUT2D eigenvalue weighted by molar-refractivity contribution is -0.144. The number of halogens is 1. The Labute approximate surface area is 257 Å². The van der Waals surface area contributed by atoms with Crippen LogP contribution in [0.15, 0.2) is 66.9 Å². The lowest BCUT2D eigenvalue weighted by Crippen LogP contribution is -2.48. The predicted octanol–water partition coefficient (Wildman–Crippen LogP) is 5.85. The Balaban J connectivity index is 1.45. The number of thiophene rings is 1. The summed E-state index contributed by atoms with van der Waals surface area (Å²) in [4.78, 5) is 46.9. The monoisotopic (exact) mass is 622 g/mol. The van der Waals surface area contributed by atoms with E-state index in [0.29, 0.717) is 45.9 Å². The molecule has 2 aromatic carbocycles. The second-order valence-electron chi connectivity index (χ2n) is 10.2. The second kappa shape index (κ2) is 12.9. The molecule has 2 N–H and O–H groups in total. The molecule has 1 fully saturated rings. The summed E-state index contributed by atoms with van der Waals surface area (Å²) in [6.07, 6.45) is 2.38. The van der Waals surface area contributed by atoms with Crippen molar-refractivity contribution in [3.05, 3.63) is 76.8 Å². The van der Waals surface area contributed by atoms with Gasteiger partial charge in [0.15, 0.2) is 11.5 Å². The summed E-state index contributed by atoms with van der Waals surface area (Å²) >= 11 is 7.54. The van der Waals surface area contributed by atoms with Crippen LogP contribution in [0.4, 0.5) is 5.95 Å². The third kappa shape index (κ3) is 6.37. The molecule has 0 radical (unpaired) electrons. The van der Waals surface area contributed by atoms with Crippen LogP contribution in [-0.4, -0.2) is 63.6 Å². The fourth-order valence-electron chi connectivity index (χ4n) is 5.40. The zero-order valence-corrected chi connectivity index (χ0v) is 25.4. The van der Waals surface area contributed by atoms with E-state index in [2.05, 4.69) is 5.32 Å². The molecule has 43 heavy (non-hydrogen) atoms. The van der Waals surface area contributed by atoms with Crippen LogP contribution >= 0.6 is 22.9 Å². The maximum atomic E-state index is 14.1. The van der Waals surface area contributed by atoms with Gasteiger partial charge >= 0.3 is 5.97 Å². The van der Waals surface area contributed by atoms with Gasteiger partial charge in [0.05, 0.1) is 35.8 Å². The number of aromatic nitrogens is 2. The first kappa shape index (κ1) is 30.1. The molecule has 5 rings (SSSR count). The van der Waals surface area contributed by atoms with E-state index in [1.165, 1.54) is 30.5 Å². The third-order valence-corrected chi connectivity index (χ3v) is 8.77. The lowest BCUT2D eigenvalue weighted by Gasteiger charge is -2.31. The highest BCUT2D eigenvalue weighted by atomic mass is 35.5. The van der Waals surface area contributed by atoms with Crippen molar-refractivity contribution in [3.8, 4) is 27.8 Å². The number of nitrogens with zero attached hydrogens (tertiary/aromatic N) is 3. The number of rotatable bonds is 10. The van der Waals surface area contributed by atoms with Gasteiger partial charge in [-0.05, 0) is 61.7 Å². The molecule has 0 aliphatic carbocycles. The summed E-state index contributed by atoms with van der Waals surface area (Å²) in [5.74, 6) is -1.88. The summed E-state index contributed by atoms with van der Waals surface area (Å²) in [5.41, 5.74) is 1.89. The van der Waals surface area contributed by atoms with Crippen molar-refractivity contribution in [2.24, 2.45) is 0 Å². The number of aliphatic carboxylic acids is 1. The fourth-order valence-corrected chi connectivity index (χ4v) is 6.40. The number of carboxylic acids is 1. The Morgan fingerprint density at radius 3 is 2.47 bits per heavy atom. The van der Waals surface area contributed by atoms with Gasteiger partial charge < -0.3 is 19.5 Å². The zero-order valence-electron chi connectivity index (χ0n) is 23.8. The SMILES string of the molecule is COc1ccc(C(CC(=O)O)C(=O)N2C(C)CCC2C(=O)Nc2nc(-c3ccc(Cl)s3)cn2-c2ccccc2)cc1OC. The highest BCUT2D eigenvalue weighted by molar-refractivity contribution is 7.19. The van der Waals surface area contributed by atoms with Crippen molar-refractivity contribution in [2.75, 3.05) is 19.5 Å². The molecule has 1 aliphatic rings. The molecule has 3 unspecified atom stereocenters. The van der Waals surface area contributed by atoms with E-state index in [1.807, 2.05) is 49.5 Å². The predicted molar refractivity (Wildman–Crippen MR) is 164 cm³/mol. The van der Waals surface area contributed by atoms with Crippen LogP contribution in [0.1, 0.15) is 37.7 Å². The van der Waals surface area contributed by atoms with E-state index in [4.69, 9.17) is 26.1 Å². The van der Waals surface area contributed by atoms with E-state index in [1.54, 1.807) is 28.8 Å². The number of para-hydroxylation sites is 1. The van der Waals surface area contributed by atoms with E-state index in [-0.39, 0.29) is 6.04 Å². The average molecular weight is 623 g/mol. The fraction of sp³-hybridized carbons (Fsp3) is 0.290. The van der Waals surface area contributed by atoms with Crippen molar-refractivity contribution in [3.63, 3.8) is 0 Å². The number of anilines is 1. The number of carbonyl (C=O) groups is 3. The second-order valence-corrected chi connectivity index (χ2v) is 11.9. The van der Waals surface area contributed by atoms with Crippen molar-refractivity contribution in [1.82, 2.24) is 14.5 Å². The maximum Gasteiger partial charge on any atom is 0.304 e. The van der Waals surface area contributed by atoms with Crippen molar-refractivity contribution < 1.29 is 29.0 Å². The Morgan fingerprint density at radius 2 is 1.81 bits per heavy atom. The molecule has 4 aromatic rings. The van der Waals surface area contributed by atoms with Gasteiger partial charge in [-0.15, -0.1) is 11.3 Å². The number of methoxy groups -OCH3 is 2. The Morgan fingerprint density at radius 1 is 1.07 bits per heavy atom. The number of likely N-dealkylation sites (tertiary alicyclic amines) is 1. The van der Waals surface area contributed by atoms with Gasteiger partial charge in [-0.2, -0.15) is 0 Å². The van der Waals surface area contributed by atoms with Crippen LogP contribution < -0.4 is 14.8 Å². The van der Waals surface area contributed by atoms with E-state index >= 15 is 0 Å². The first-order chi connectivity index (χ1) is 20.7. The van der Waals surface area contributed by atoms with Gasteiger partial charge in [-0.3, -0.25) is 24.3 Å². The van der Waals surface area contributed by atoms with Gasteiger partial charge in [0.2, 0.25) is 17.8 Å². The number of ether oxygens (including phenoxy) is 2. The first-order valence-corrected chi connectivity index (χ1v) is 14.9. The van der Waals surface area contributed by atoms with Crippen LogP contribution in [0.3, 0.4) is 0 Å². The summed E-state index contributed by atoms with van der Waals surface area (Å²) in [6.45, 7) is 1.86. The number of carboxylic acid groups (broad SMARTS) is 1. The van der Waals surface area contributed by atoms with Crippen molar-refractivity contribution in [2.45, 2.75) is 44.2 Å². The largest absolute Gasteiger partial charge is 0.493 e. The number of carbonyl (C=O) groups excluding carboxylic acids is 2. The maximum absolute atomic E-state index is 14.1. The summed E-state index contributed by atoms with van der Waals surface area (Å²) < 4.78 is 13.1. The topological polar surface area (TPSA) is 123 Å². The molecule has 0 bridgehead atoms. The van der Waals surface area contributed by atoms with E-state index in [9.17, 15) is 19.5 Å². The minimum absolute atomic E-state index is 0.280. The molecule has 0 spiro atoms. The molecule has 2 aromatic heterocycles. The zero-order chi connectivity index (χ0) is 30.7. The molecule has 224 valence electrons. The van der Waals surface area contributed by atoms with Crippen LogP contribution in [0.25, 0.3) is 16.3 Å². The van der Waals surface area contributed by atoms with Crippen LogP contribution in [-0.2, 0) is 14.4 Å². The van der Waals surface area contributed by atoms with Crippen molar-refractivity contribution >= 4 is 46.7 Å². The molecule has 2 amide bonds. The Bertz CT molecular complexity index is 1640. The van der Waals surface area contributed by atoms with Crippen LogP contribution in [0.2, 0.25) is 4.34 Å². The van der Waals surface area contributed by atoms with Gasteiger partial charge in [0, 0.05) is 17.9 Å².